The van der Waals surface area contributed by atoms with Gasteiger partial charge < -0.3 is 20.1 Å². The first kappa shape index (κ1) is 11.7. The zero-order valence-corrected chi connectivity index (χ0v) is 9.79. The number of carbonyl (C=O) groups excluding carboxylic acids is 1. The number of amides is 1. The number of benzene rings is 1. The second-order valence-corrected chi connectivity index (χ2v) is 3.81. The molecule has 0 unspecified atom stereocenters. The Labute approximate surface area is 100 Å². The number of nitrogens with one attached hydrogen (secondary N) is 2. The summed E-state index contributed by atoms with van der Waals surface area (Å²) in [6.07, 6.45) is 0. The summed E-state index contributed by atoms with van der Waals surface area (Å²) in [5.74, 6) is 1.61. The first-order valence-corrected chi connectivity index (χ1v) is 5.60. The number of rotatable bonds is 5. The van der Waals surface area contributed by atoms with Crippen LogP contribution >= 0.6 is 0 Å². The van der Waals surface area contributed by atoms with Gasteiger partial charge >= 0.3 is 0 Å². The molecule has 2 N–H and O–H groups in total. The van der Waals surface area contributed by atoms with Gasteiger partial charge in [-0.25, -0.2) is 0 Å². The standard InChI is InChI=1S/C12H16N2O3/c1-9(15)14-6-5-13-7-10-3-2-4-11-12(10)17-8-16-11/h2-4,13H,5-8H2,1H3,(H,14,15). The van der Waals surface area contributed by atoms with Crippen LogP contribution < -0.4 is 20.1 Å². The third-order valence-electron chi connectivity index (χ3n) is 2.47. The molecule has 0 saturated heterocycles. The summed E-state index contributed by atoms with van der Waals surface area (Å²) < 4.78 is 10.7. The molecule has 1 aliphatic heterocycles. The van der Waals surface area contributed by atoms with Crippen LogP contribution in [-0.2, 0) is 11.3 Å². The fourth-order valence-electron chi connectivity index (χ4n) is 1.68. The molecule has 1 heterocycles. The molecule has 1 amide bonds. The average molecular weight is 236 g/mol. The van der Waals surface area contributed by atoms with E-state index in [1.54, 1.807) is 0 Å². The zero-order valence-electron chi connectivity index (χ0n) is 9.79. The van der Waals surface area contributed by atoms with Crippen molar-refractivity contribution in [1.82, 2.24) is 10.6 Å². The molecule has 0 radical (unpaired) electrons. The maximum absolute atomic E-state index is 10.7. The third kappa shape index (κ3) is 3.10. The molecule has 0 aliphatic carbocycles. The SMILES string of the molecule is CC(=O)NCCNCc1cccc2c1OCO2. The minimum absolute atomic E-state index is 0.0101. The predicted octanol–water partition coefficient (Wildman–Crippen LogP) is 0.641. The molecule has 1 aromatic carbocycles. The largest absolute Gasteiger partial charge is 0.454 e. The van der Waals surface area contributed by atoms with Crippen molar-refractivity contribution in [3.8, 4) is 11.5 Å². The van der Waals surface area contributed by atoms with Crippen molar-refractivity contribution in [3.63, 3.8) is 0 Å². The molecule has 17 heavy (non-hydrogen) atoms. The van der Waals surface area contributed by atoms with E-state index in [-0.39, 0.29) is 12.7 Å². The summed E-state index contributed by atoms with van der Waals surface area (Å²) in [4.78, 5) is 10.7. The molecule has 0 spiro atoms. The number of hydrogen-bond donors (Lipinski definition) is 2. The van der Waals surface area contributed by atoms with Crippen molar-refractivity contribution in [3.05, 3.63) is 23.8 Å². The van der Waals surface area contributed by atoms with E-state index in [1.807, 2.05) is 18.2 Å². The van der Waals surface area contributed by atoms with E-state index >= 15 is 0 Å². The molecule has 0 saturated carbocycles. The van der Waals surface area contributed by atoms with Crippen molar-refractivity contribution in [2.24, 2.45) is 0 Å². The van der Waals surface area contributed by atoms with Crippen LogP contribution in [-0.4, -0.2) is 25.8 Å². The lowest BCUT2D eigenvalue weighted by molar-refractivity contribution is -0.118. The van der Waals surface area contributed by atoms with Gasteiger partial charge in [0.1, 0.15) is 0 Å². The van der Waals surface area contributed by atoms with E-state index in [1.165, 1.54) is 6.92 Å². The lowest BCUT2D eigenvalue weighted by atomic mass is 10.2. The van der Waals surface area contributed by atoms with Crippen molar-refractivity contribution in [2.45, 2.75) is 13.5 Å². The Morgan fingerprint density at radius 1 is 1.35 bits per heavy atom. The quantitative estimate of drug-likeness (QED) is 0.737. The second-order valence-electron chi connectivity index (χ2n) is 3.81. The van der Waals surface area contributed by atoms with E-state index in [0.717, 1.165) is 23.6 Å². The zero-order chi connectivity index (χ0) is 12.1. The Balaban J connectivity index is 1.80. The minimum atomic E-state index is -0.0101. The maximum Gasteiger partial charge on any atom is 0.231 e. The van der Waals surface area contributed by atoms with Gasteiger partial charge in [-0.2, -0.15) is 0 Å². The Kier molecular flexibility index (Phi) is 3.82. The van der Waals surface area contributed by atoms with Crippen LogP contribution in [0.2, 0.25) is 0 Å². The number of fused-ring (bicyclic) bond motifs is 1. The minimum Gasteiger partial charge on any atom is -0.454 e. The molecular formula is C12H16N2O3. The Morgan fingerprint density at radius 3 is 3.06 bits per heavy atom. The van der Waals surface area contributed by atoms with Crippen LogP contribution in [0, 0.1) is 0 Å². The Bertz CT molecular complexity index is 407. The van der Waals surface area contributed by atoms with E-state index in [0.29, 0.717) is 13.1 Å². The third-order valence-corrected chi connectivity index (χ3v) is 2.47. The highest BCUT2D eigenvalue weighted by Gasteiger charge is 2.16. The Morgan fingerprint density at radius 2 is 2.24 bits per heavy atom. The second kappa shape index (κ2) is 5.54. The van der Waals surface area contributed by atoms with Crippen molar-refractivity contribution >= 4 is 5.91 Å². The summed E-state index contributed by atoms with van der Waals surface area (Å²) >= 11 is 0. The molecule has 0 bridgehead atoms. The Hall–Kier alpha value is -1.75. The fourth-order valence-corrected chi connectivity index (χ4v) is 1.68. The molecule has 92 valence electrons. The van der Waals surface area contributed by atoms with Crippen LogP contribution in [0.4, 0.5) is 0 Å². The van der Waals surface area contributed by atoms with Crippen molar-refractivity contribution in [1.29, 1.82) is 0 Å². The highest BCUT2D eigenvalue weighted by molar-refractivity contribution is 5.72. The van der Waals surface area contributed by atoms with Crippen molar-refractivity contribution < 1.29 is 14.3 Å². The molecular weight excluding hydrogens is 220 g/mol. The summed E-state index contributed by atoms with van der Waals surface area (Å²) in [7, 11) is 0. The summed E-state index contributed by atoms with van der Waals surface area (Å²) in [5.41, 5.74) is 1.07. The number of carbonyl (C=O) groups is 1. The highest BCUT2D eigenvalue weighted by Crippen LogP contribution is 2.34. The molecule has 0 aromatic heterocycles. The van der Waals surface area contributed by atoms with E-state index in [2.05, 4.69) is 10.6 Å². The van der Waals surface area contributed by atoms with Gasteiger partial charge in [0.05, 0.1) is 0 Å². The number of ether oxygens (including phenoxy) is 2. The summed E-state index contributed by atoms with van der Waals surface area (Å²) in [6, 6.07) is 5.83. The van der Waals surface area contributed by atoms with Gasteiger partial charge in [-0.1, -0.05) is 12.1 Å². The van der Waals surface area contributed by atoms with Gasteiger partial charge in [0.25, 0.3) is 0 Å². The highest BCUT2D eigenvalue weighted by atomic mass is 16.7. The molecule has 5 heteroatoms. The summed E-state index contributed by atoms with van der Waals surface area (Å²) in [6.45, 7) is 3.85. The van der Waals surface area contributed by atoms with Crippen LogP contribution in [0.15, 0.2) is 18.2 Å². The monoisotopic (exact) mass is 236 g/mol. The van der Waals surface area contributed by atoms with Gasteiger partial charge in [0.2, 0.25) is 12.7 Å². The van der Waals surface area contributed by atoms with Gasteiger partial charge in [0.15, 0.2) is 11.5 Å². The predicted molar refractivity (Wildman–Crippen MR) is 63.0 cm³/mol. The lowest BCUT2D eigenvalue weighted by Gasteiger charge is -2.07. The fraction of sp³-hybridized carbons (Fsp3) is 0.417. The first-order chi connectivity index (χ1) is 8.27. The number of para-hydroxylation sites is 1. The van der Waals surface area contributed by atoms with E-state index in [4.69, 9.17) is 9.47 Å². The van der Waals surface area contributed by atoms with Crippen molar-refractivity contribution in [2.75, 3.05) is 19.9 Å². The molecule has 0 fully saturated rings. The van der Waals surface area contributed by atoms with Crippen LogP contribution in [0.5, 0.6) is 11.5 Å². The topological polar surface area (TPSA) is 59.6 Å². The molecule has 1 aliphatic rings. The van der Waals surface area contributed by atoms with Crippen LogP contribution in [0.1, 0.15) is 12.5 Å². The lowest BCUT2D eigenvalue weighted by Crippen LogP contribution is -2.29. The van der Waals surface area contributed by atoms with Gasteiger partial charge in [-0.3, -0.25) is 4.79 Å². The van der Waals surface area contributed by atoms with Crippen LogP contribution in [0.3, 0.4) is 0 Å². The average Bonchev–Trinajstić information content (AvgIpc) is 2.77. The van der Waals surface area contributed by atoms with E-state index < -0.39 is 0 Å². The molecule has 0 atom stereocenters. The van der Waals surface area contributed by atoms with E-state index in [9.17, 15) is 4.79 Å². The first-order valence-electron chi connectivity index (χ1n) is 5.60. The van der Waals surface area contributed by atoms with Gasteiger partial charge in [-0.05, 0) is 6.07 Å². The maximum atomic E-state index is 10.7. The number of hydrogen-bond acceptors (Lipinski definition) is 4. The van der Waals surface area contributed by atoms with Gasteiger partial charge in [0, 0.05) is 32.1 Å². The smallest absolute Gasteiger partial charge is 0.231 e. The summed E-state index contributed by atoms with van der Waals surface area (Å²) in [5, 5.41) is 5.96. The van der Waals surface area contributed by atoms with Crippen LogP contribution in [0.25, 0.3) is 0 Å². The van der Waals surface area contributed by atoms with Gasteiger partial charge in [-0.15, -0.1) is 0 Å². The normalized spacial score (nSPS) is 12.5. The molecule has 5 nitrogen and oxygen atoms in total. The molecule has 2 rings (SSSR count). The molecule has 1 aromatic rings.